The molecule has 2 nitrogen and oxygen atoms in total. The molecule has 1 N–H and O–H groups in total. The Morgan fingerprint density at radius 2 is 1.93 bits per heavy atom. The Morgan fingerprint density at radius 1 is 1.36 bits per heavy atom. The van der Waals surface area contributed by atoms with Crippen LogP contribution >= 0.6 is 15.9 Å². The van der Waals surface area contributed by atoms with E-state index < -0.39 is 5.41 Å². The van der Waals surface area contributed by atoms with Crippen LogP contribution in [0, 0.1) is 5.41 Å². The van der Waals surface area contributed by atoms with Crippen molar-refractivity contribution in [3.05, 3.63) is 28.2 Å². The van der Waals surface area contributed by atoms with Crippen molar-refractivity contribution < 1.29 is 9.90 Å². The molecular formula is C11H13BrO2. The van der Waals surface area contributed by atoms with E-state index in [1.807, 2.05) is 20.8 Å². The molecule has 1 rings (SSSR count). The molecule has 0 heterocycles. The van der Waals surface area contributed by atoms with Gasteiger partial charge in [-0.2, -0.15) is 0 Å². The second-order valence-electron chi connectivity index (χ2n) is 4.24. The summed E-state index contributed by atoms with van der Waals surface area (Å²) >= 11 is 3.22. The molecule has 0 aromatic heterocycles. The third kappa shape index (κ3) is 2.35. The molecule has 0 aliphatic carbocycles. The van der Waals surface area contributed by atoms with Gasteiger partial charge in [-0.3, -0.25) is 4.79 Å². The molecule has 0 aliphatic heterocycles. The number of carbonyl (C=O) groups is 1. The van der Waals surface area contributed by atoms with Gasteiger partial charge in [0.1, 0.15) is 5.75 Å². The summed E-state index contributed by atoms with van der Waals surface area (Å²) in [4.78, 5) is 11.8. The zero-order chi connectivity index (χ0) is 10.9. The molecule has 76 valence electrons. The third-order valence-electron chi connectivity index (χ3n) is 1.89. The van der Waals surface area contributed by atoms with Crippen LogP contribution in [0.3, 0.4) is 0 Å². The summed E-state index contributed by atoms with van der Waals surface area (Å²) in [6.45, 7) is 5.49. The minimum Gasteiger partial charge on any atom is -0.507 e. The Kier molecular flexibility index (Phi) is 3.00. The van der Waals surface area contributed by atoms with Crippen molar-refractivity contribution in [3.8, 4) is 5.75 Å². The molecule has 0 bridgehead atoms. The lowest BCUT2D eigenvalue weighted by Crippen LogP contribution is -2.20. The minimum atomic E-state index is -0.467. The number of phenols is 1. The lowest BCUT2D eigenvalue weighted by atomic mass is 9.86. The van der Waals surface area contributed by atoms with Crippen LogP contribution in [0.2, 0.25) is 0 Å². The zero-order valence-corrected chi connectivity index (χ0v) is 10.1. The van der Waals surface area contributed by atoms with Gasteiger partial charge in [0, 0.05) is 9.89 Å². The van der Waals surface area contributed by atoms with Crippen LogP contribution in [-0.2, 0) is 0 Å². The zero-order valence-electron chi connectivity index (χ0n) is 8.47. The lowest BCUT2D eigenvalue weighted by molar-refractivity contribution is 0.0855. The average molecular weight is 257 g/mol. The molecular weight excluding hydrogens is 244 g/mol. The number of rotatable bonds is 1. The van der Waals surface area contributed by atoms with E-state index in [0.29, 0.717) is 5.56 Å². The number of benzene rings is 1. The highest BCUT2D eigenvalue weighted by Gasteiger charge is 2.25. The fourth-order valence-corrected chi connectivity index (χ4v) is 1.45. The Balaban J connectivity index is 3.15. The number of ketones is 1. The Bertz CT molecular complexity index is 364. The van der Waals surface area contributed by atoms with Gasteiger partial charge in [-0.05, 0) is 18.2 Å². The van der Waals surface area contributed by atoms with Gasteiger partial charge in [0.25, 0.3) is 0 Å². The van der Waals surface area contributed by atoms with E-state index in [9.17, 15) is 9.90 Å². The summed E-state index contributed by atoms with van der Waals surface area (Å²) in [5, 5.41) is 9.57. The molecule has 14 heavy (non-hydrogen) atoms. The predicted octanol–water partition coefficient (Wildman–Crippen LogP) is 3.38. The second-order valence-corrected chi connectivity index (χ2v) is 5.16. The van der Waals surface area contributed by atoms with Crippen LogP contribution in [0.1, 0.15) is 31.1 Å². The molecule has 0 fully saturated rings. The molecule has 0 unspecified atom stereocenters. The highest BCUT2D eigenvalue weighted by atomic mass is 79.9. The van der Waals surface area contributed by atoms with Crippen molar-refractivity contribution in [2.24, 2.45) is 5.41 Å². The molecule has 0 radical (unpaired) electrons. The first-order valence-corrected chi connectivity index (χ1v) is 5.15. The van der Waals surface area contributed by atoms with E-state index in [1.54, 1.807) is 12.1 Å². The number of phenolic OH excluding ortho intramolecular Hbond substituents is 1. The molecule has 0 amide bonds. The first-order chi connectivity index (χ1) is 6.32. The molecule has 0 spiro atoms. The molecule has 1 aromatic carbocycles. The second kappa shape index (κ2) is 3.73. The summed E-state index contributed by atoms with van der Waals surface area (Å²) < 4.78 is 0.764. The quantitative estimate of drug-likeness (QED) is 0.783. The Morgan fingerprint density at radius 3 is 2.36 bits per heavy atom. The van der Waals surface area contributed by atoms with Gasteiger partial charge in [-0.1, -0.05) is 36.7 Å². The average Bonchev–Trinajstić information content (AvgIpc) is 2.01. The van der Waals surface area contributed by atoms with E-state index in [1.165, 1.54) is 6.07 Å². The summed E-state index contributed by atoms with van der Waals surface area (Å²) in [5.74, 6) is -0.0261. The van der Waals surface area contributed by atoms with Crippen LogP contribution in [-0.4, -0.2) is 10.9 Å². The number of hydrogen-bond acceptors (Lipinski definition) is 2. The SMILES string of the molecule is CC(C)(C)C(=O)c1ccc(Br)cc1O. The van der Waals surface area contributed by atoms with Crippen molar-refractivity contribution in [1.82, 2.24) is 0 Å². The number of Topliss-reactive ketones (excluding diaryl/α,β-unsaturated/α-hetero) is 1. The first-order valence-electron chi connectivity index (χ1n) is 4.35. The van der Waals surface area contributed by atoms with Gasteiger partial charge in [0.05, 0.1) is 5.56 Å². The van der Waals surface area contributed by atoms with E-state index in [2.05, 4.69) is 15.9 Å². The normalized spacial score (nSPS) is 11.4. The van der Waals surface area contributed by atoms with Crippen molar-refractivity contribution >= 4 is 21.7 Å². The van der Waals surface area contributed by atoms with Gasteiger partial charge < -0.3 is 5.11 Å². The van der Waals surface area contributed by atoms with Crippen LogP contribution in [0.25, 0.3) is 0 Å². The topological polar surface area (TPSA) is 37.3 Å². The van der Waals surface area contributed by atoms with Gasteiger partial charge in [0.15, 0.2) is 5.78 Å². The van der Waals surface area contributed by atoms with Crippen molar-refractivity contribution in [2.45, 2.75) is 20.8 Å². The van der Waals surface area contributed by atoms with Gasteiger partial charge in [-0.15, -0.1) is 0 Å². The number of hydrogen-bond donors (Lipinski definition) is 1. The summed E-state index contributed by atoms with van der Waals surface area (Å²) in [7, 11) is 0. The smallest absolute Gasteiger partial charge is 0.171 e. The highest BCUT2D eigenvalue weighted by molar-refractivity contribution is 9.10. The maximum Gasteiger partial charge on any atom is 0.171 e. The van der Waals surface area contributed by atoms with Crippen LogP contribution in [0.15, 0.2) is 22.7 Å². The Hall–Kier alpha value is -0.830. The standard InChI is InChI=1S/C11H13BrO2/c1-11(2,3)10(14)8-5-4-7(12)6-9(8)13/h4-6,13H,1-3H3. The molecule has 0 saturated heterocycles. The molecule has 0 saturated carbocycles. The number of aromatic hydroxyl groups is 1. The van der Waals surface area contributed by atoms with Gasteiger partial charge >= 0.3 is 0 Å². The van der Waals surface area contributed by atoms with Crippen molar-refractivity contribution in [1.29, 1.82) is 0 Å². The van der Waals surface area contributed by atoms with Gasteiger partial charge in [-0.25, -0.2) is 0 Å². The molecule has 0 atom stereocenters. The third-order valence-corrected chi connectivity index (χ3v) is 2.38. The predicted molar refractivity (Wildman–Crippen MR) is 59.6 cm³/mol. The van der Waals surface area contributed by atoms with Crippen LogP contribution in [0.4, 0.5) is 0 Å². The number of carbonyl (C=O) groups excluding carboxylic acids is 1. The van der Waals surface area contributed by atoms with Crippen molar-refractivity contribution in [3.63, 3.8) is 0 Å². The molecule has 3 heteroatoms. The first kappa shape index (κ1) is 11.2. The maximum atomic E-state index is 11.8. The lowest BCUT2D eigenvalue weighted by Gasteiger charge is -2.17. The van der Waals surface area contributed by atoms with E-state index in [4.69, 9.17) is 0 Å². The Labute approximate surface area is 92.1 Å². The van der Waals surface area contributed by atoms with Gasteiger partial charge in [0.2, 0.25) is 0 Å². The summed E-state index contributed by atoms with van der Waals surface area (Å²) in [5.41, 5.74) is -0.0913. The highest BCUT2D eigenvalue weighted by Crippen LogP contribution is 2.28. The number of halogens is 1. The molecule has 1 aromatic rings. The van der Waals surface area contributed by atoms with E-state index in [0.717, 1.165) is 4.47 Å². The van der Waals surface area contributed by atoms with Crippen LogP contribution in [0.5, 0.6) is 5.75 Å². The van der Waals surface area contributed by atoms with E-state index in [-0.39, 0.29) is 11.5 Å². The van der Waals surface area contributed by atoms with Crippen LogP contribution < -0.4 is 0 Å². The fraction of sp³-hybridized carbons (Fsp3) is 0.364. The maximum absolute atomic E-state index is 11.8. The van der Waals surface area contributed by atoms with E-state index >= 15 is 0 Å². The summed E-state index contributed by atoms with van der Waals surface area (Å²) in [6.07, 6.45) is 0. The van der Waals surface area contributed by atoms with Crippen molar-refractivity contribution in [2.75, 3.05) is 0 Å². The molecule has 0 aliphatic rings. The fourth-order valence-electron chi connectivity index (χ4n) is 1.10. The largest absolute Gasteiger partial charge is 0.507 e. The summed E-state index contributed by atoms with van der Waals surface area (Å²) in [6, 6.07) is 4.91. The monoisotopic (exact) mass is 256 g/mol. The minimum absolute atomic E-state index is 0.0271.